The van der Waals surface area contributed by atoms with Gasteiger partial charge in [-0.05, 0) is 28.1 Å². The molecule has 0 radical (unpaired) electrons. The Hall–Kier alpha value is -2.15. The third-order valence-corrected chi connectivity index (χ3v) is 3.22. The molecule has 0 amide bonds. The van der Waals surface area contributed by atoms with Gasteiger partial charge in [-0.3, -0.25) is 4.79 Å². The van der Waals surface area contributed by atoms with Crippen LogP contribution in [0, 0.1) is 6.92 Å². The molecule has 0 bridgehead atoms. The number of oxazole rings is 1. The van der Waals surface area contributed by atoms with Crippen molar-refractivity contribution in [3.8, 4) is 11.3 Å². The van der Waals surface area contributed by atoms with Gasteiger partial charge in [0, 0.05) is 12.5 Å². The highest BCUT2D eigenvalue weighted by molar-refractivity contribution is 9.10. The lowest BCUT2D eigenvalue weighted by Crippen LogP contribution is -2.01. The number of hydrogen-bond donors (Lipinski definition) is 2. The maximum Gasteiger partial charge on any atom is 0.309 e. The SMILES string of the molecule is Cc1nc2ccc(-c3nc(Br)[nH]c3CC(=O)O)cc2o1. The number of imidazole rings is 1. The van der Waals surface area contributed by atoms with Crippen molar-refractivity contribution in [2.45, 2.75) is 13.3 Å². The van der Waals surface area contributed by atoms with Crippen molar-refractivity contribution >= 4 is 33.0 Å². The number of aryl methyl sites for hydroxylation is 1. The zero-order valence-corrected chi connectivity index (χ0v) is 12.1. The molecule has 20 heavy (non-hydrogen) atoms. The van der Waals surface area contributed by atoms with Gasteiger partial charge in [-0.15, -0.1) is 0 Å². The van der Waals surface area contributed by atoms with Gasteiger partial charge in [-0.2, -0.15) is 0 Å². The first-order chi connectivity index (χ1) is 9.52. The molecular formula is C13H10BrN3O3. The zero-order chi connectivity index (χ0) is 14.3. The number of H-pyrrole nitrogens is 1. The molecule has 2 heterocycles. The number of fused-ring (bicyclic) bond motifs is 1. The van der Waals surface area contributed by atoms with E-state index in [0.717, 1.165) is 11.1 Å². The van der Waals surface area contributed by atoms with Gasteiger partial charge in [-0.1, -0.05) is 6.07 Å². The van der Waals surface area contributed by atoms with E-state index < -0.39 is 5.97 Å². The van der Waals surface area contributed by atoms with Crippen LogP contribution in [-0.4, -0.2) is 26.0 Å². The second kappa shape index (κ2) is 4.75. The molecule has 0 aliphatic heterocycles. The number of carbonyl (C=O) groups is 1. The molecule has 0 spiro atoms. The summed E-state index contributed by atoms with van der Waals surface area (Å²) in [6.45, 7) is 1.78. The Bertz CT molecular complexity index is 806. The number of nitrogens with zero attached hydrogens (tertiary/aromatic N) is 2. The van der Waals surface area contributed by atoms with E-state index in [9.17, 15) is 4.79 Å². The van der Waals surface area contributed by atoms with Crippen LogP contribution in [0.4, 0.5) is 0 Å². The van der Waals surface area contributed by atoms with Gasteiger partial charge in [0.05, 0.1) is 17.8 Å². The highest BCUT2D eigenvalue weighted by atomic mass is 79.9. The van der Waals surface area contributed by atoms with Crippen molar-refractivity contribution in [3.05, 3.63) is 34.5 Å². The smallest absolute Gasteiger partial charge is 0.309 e. The molecule has 3 rings (SSSR count). The molecule has 2 aromatic heterocycles. The lowest BCUT2D eigenvalue weighted by atomic mass is 10.1. The van der Waals surface area contributed by atoms with E-state index in [-0.39, 0.29) is 6.42 Å². The Morgan fingerprint density at radius 3 is 3.00 bits per heavy atom. The van der Waals surface area contributed by atoms with E-state index in [0.29, 0.717) is 27.6 Å². The average molecular weight is 336 g/mol. The Morgan fingerprint density at radius 1 is 1.45 bits per heavy atom. The molecule has 0 atom stereocenters. The monoisotopic (exact) mass is 335 g/mol. The zero-order valence-electron chi connectivity index (χ0n) is 10.5. The van der Waals surface area contributed by atoms with Crippen LogP contribution < -0.4 is 0 Å². The summed E-state index contributed by atoms with van der Waals surface area (Å²) in [5.41, 5.74) is 3.34. The van der Waals surface area contributed by atoms with Gasteiger partial charge in [0.1, 0.15) is 5.52 Å². The molecule has 7 heteroatoms. The van der Waals surface area contributed by atoms with E-state index >= 15 is 0 Å². The van der Waals surface area contributed by atoms with Gasteiger partial charge >= 0.3 is 5.97 Å². The van der Waals surface area contributed by atoms with Crippen LogP contribution in [0.3, 0.4) is 0 Å². The summed E-state index contributed by atoms with van der Waals surface area (Å²) in [6.07, 6.45) is -0.124. The summed E-state index contributed by atoms with van der Waals surface area (Å²) >= 11 is 3.23. The van der Waals surface area contributed by atoms with Gasteiger partial charge < -0.3 is 14.5 Å². The molecule has 3 aromatic rings. The molecule has 0 saturated carbocycles. The summed E-state index contributed by atoms with van der Waals surface area (Å²) in [4.78, 5) is 22.3. The summed E-state index contributed by atoms with van der Waals surface area (Å²) in [5, 5.41) is 8.93. The molecule has 6 nitrogen and oxygen atoms in total. The summed E-state index contributed by atoms with van der Waals surface area (Å²) in [7, 11) is 0. The Labute approximate surface area is 122 Å². The number of benzene rings is 1. The number of rotatable bonds is 3. The number of carboxylic acid groups (broad SMARTS) is 1. The van der Waals surface area contributed by atoms with Crippen LogP contribution in [0.5, 0.6) is 0 Å². The highest BCUT2D eigenvalue weighted by Gasteiger charge is 2.15. The molecule has 1 aromatic carbocycles. The molecule has 0 aliphatic rings. The van der Waals surface area contributed by atoms with Crippen LogP contribution >= 0.6 is 15.9 Å². The van der Waals surface area contributed by atoms with Crippen molar-refractivity contribution in [2.24, 2.45) is 0 Å². The molecule has 102 valence electrons. The second-order valence-corrected chi connectivity index (χ2v) is 5.09. The van der Waals surface area contributed by atoms with E-state index in [1.165, 1.54) is 0 Å². The predicted molar refractivity (Wildman–Crippen MR) is 75.4 cm³/mol. The van der Waals surface area contributed by atoms with E-state index in [1.807, 2.05) is 18.2 Å². The van der Waals surface area contributed by atoms with Crippen molar-refractivity contribution in [3.63, 3.8) is 0 Å². The predicted octanol–water partition coefficient (Wildman–Crippen LogP) is 2.92. The van der Waals surface area contributed by atoms with Gasteiger partial charge in [0.25, 0.3) is 0 Å². The second-order valence-electron chi connectivity index (χ2n) is 4.34. The van der Waals surface area contributed by atoms with E-state index in [1.54, 1.807) is 6.92 Å². The number of carboxylic acids is 1. The first-order valence-electron chi connectivity index (χ1n) is 5.86. The van der Waals surface area contributed by atoms with E-state index in [4.69, 9.17) is 9.52 Å². The minimum Gasteiger partial charge on any atom is -0.481 e. The topological polar surface area (TPSA) is 92.0 Å². The van der Waals surface area contributed by atoms with Crippen LogP contribution in [0.25, 0.3) is 22.4 Å². The Morgan fingerprint density at radius 2 is 2.25 bits per heavy atom. The number of aromatic amines is 1. The van der Waals surface area contributed by atoms with Gasteiger partial charge in [0.15, 0.2) is 16.2 Å². The summed E-state index contributed by atoms with van der Waals surface area (Å²) in [5.74, 6) is -0.329. The van der Waals surface area contributed by atoms with Crippen LogP contribution in [0.1, 0.15) is 11.6 Å². The first-order valence-corrected chi connectivity index (χ1v) is 6.66. The maximum absolute atomic E-state index is 10.9. The van der Waals surface area contributed by atoms with Crippen LogP contribution in [0.15, 0.2) is 27.3 Å². The fraction of sp³-hybridized carbons (Fsp3) is 0.154. The molecule has 0 aliphatic carbocycles. The van der Waals surface area contributed by atoms with Crippen molar-refractivity contribution < 1.29 is 14.3 Å². The minimum atomic E-state index is -0.918. The normalized spacial score (nSPS) is 11.1. The number of hydrogen-bond acceptors (Lipinski definition) is 4. The largest absolute Gasteiger partial charge is 0.481 e. The minimum absolute atomic E-state index is 0.124. The third kappa shape index (κ3) is 2.32. The Kier molecular flexibility index (Phi) is 3.06. The highest BCUT2D eigenvalue weighted by Crippen LogP contribution is 2.27. The summed E-state index contributed by atoms with van der Waals surface area (Å²) < 4.78 is 5.98. The average Bonchev–Trinajstić information content (AvgIpc) is 2.89. The molecule has 0 fully saturated rings. The molecule has 0 saturated heterocycles. The first kappa shape index (κ1) is 12.9. The number of halogens is 1. The van der Waals surface area contributed by atoms with Crippen molar-refractivity contribution in [2.75, 3.05) is 0 Å². The number of aromatic nitrogens is 3. The number of aliphatic carboxylic acids is 1. The standard InChI is InChI=1S/C13H10BrN3O3/c1-6-15-8-3-2-7(4-10(8)20-6)12-9(5-11(18)19)16-13(14)17-12/h2-4H,5H2,1H3,(H,16,17)(H,18,19). The fourth-order valence-corrected chi connectivity index (χ4v) is 2.50. The van der Waals surface area contributed by atoms with Crippen LogP contribution in [0.2, 0.25) is 0 Å². The molecule has 0 unspecified atom stereocenters. The fourth-order valence-electron chi connectivity index (χ4n) is 2.08. The maximum atomic E-state index is 10.9. The summed E-state index contributed by atoms with van der Waals surface area (Å²) in [6, 6.07) is 5.48. The quantitative estimate of drug-likeness (QED) is 0.767. The number of nitrogens with one attached hydrogen (secondary N) is 1. The lowest BCUT2D eigenvalue weighted by molar-refractivity contribution is -0.136. The van der Waals surface area contributed by atoms with Crippen LogP contribution in [-0.2, 0) is 11.2 Å². The third-order valence-electron chi connectivity index (χ3n) is 2.85. The van der Waals surface area contributed by atoms with Gasteiger partial charge in [0.2, 0.25) is 0 Å². The van der Waals surface area contributed by atoms with Gasteiger partial charge in [-0.25, -0.2) is 9.97 Å². The molecule has 2 N–H and O–H groups in total. The van der Waals surface area contributed by atoms with E-state index in [2.05, 4.69) is 30.9 Å². The van der Waals surface area contributed by atoms with Crippen molar-refractivity contribution in [1.29, 1.82) is 0 Å². The Balaban J connectivity index is 2.12. The lowest BCUT2D eigenvalue weighted by Gasteiger charge is -2.00. The van der Waals surface area contributed by atoms with Crippen molar-refractivity contribution in [1.82, 2.24) is 15.0 Å². The molecular weight excluding hydrogens is 326 g/mol.